The number of rotatable bonds is 7. The van der Waals surface area contributed by atoms with Crippen molar-refractivity contribution in [3.05, 3.63) is 36.2 Å². The molecule has 8 heteroatoms. The summed E-state index contributed by atoms with van der Waals surface area (Å²) in [4.78, 5) is 16.3. The summed E-state index contributed by atoms with van der Waals surface area (Å²) in [5.74, 6) is 4.77. The fourth-order valence-electron chi connectivity index (χ4n) is 3.41. The summed E-state index contributed by atoms with van der Waals surface area (Å²) in [6, 6.07) is 5.95. The van der Waals surface area contributed by atoms with Gasteiger partial charge in [-0.25, -0.2) is 10.7 Å². The van der Waals surface area contributed by atoms with Gasteiger partial charge in [0.25, 0.3) is 0 Å². The van der Waals surface area contributed by atoms with Gasteiger partial charge in [-0.2, -0.15) is 4.68 Å². The molecule has 1 aliphatic rings. The molecule has 2 aromatic rings. The number of ether oxygens (including phenoxy) is 1. The van der Waals surface area contributed by atoms with Crippen LogP contribution in [0.2, 0.25) is 0 Å². The van der Waals surface area contributed by atoms with Crippen LogP contribution in [-0.2, 0) is 29.6 Å². The van der Waals surface area contributed by atoms with Crippen LogP contribution in [0.25, 0.3) is 11.1 Å². The molecule has 5 N–H and O–H groups in total. The molecule has 8 nitrogen and oxygen atoms in total. The van der Waals surface area contributed by atoms with Crippen LogP contribution in [0.1, 0.15) is 25.3 Å². The van der Waals surface area contributed by atoms with E-state index in [2.05, 4.69) is 23.1 Å². The van der Waals surface area contributed by atoms with Gasteiger partial charge in [0, 0.05) is 0 Å². The third kappa shape index (κ3) is 3.69. The highest BCUT2D eigenvalue weighted by molar-refractivity contribution is 5.78. The Morgan fingerprint density at radius 3 is 2.93 bits per heavy atom. The molecule has 0 spiro atoms. The van der Waals surface area contributed by atoms with Crippen molar-refractivity contribution < 1.29 is 24.2 Å². The number of benzene rings is 1. The van der Waals surface area contributed by atoms with E-state index >= 15 is 0 Å². The van der Waals surface area contributed by atoms with Crippen LogP contribution in [0.3, 0.4) is 0 Å². The number of aliphatic carboxylic acids is 1. The van der Waals surface area contributed by atoms with E-state index in [0.717, 1.165) is 29.7 Å². The molecule has 1 aliphatic heterocycles. The Balaban J connectivity index is 1.82. The molecule has 2 atom stereocenters. The molecule has 1 aromatic carbocycles. The highest BCUT2D eigenvalue weighted by Crippen LogP contribution is 2.35. The molecular formula is C19H27N4O4+. The van der Waals surface area contributed by atoms with E-state index in [-0.39, 0.29) is 0 Å². The van der Waals surface area contributed by atoms with E-state index in [1.54, 1.807) is 0 Å². The number of carboxylic acid groups (broad SMARTS) is 1. The predicted molar refractivity (Wildman–Crippen MR) is 98.8 cm³/mol. The average Bonchev–Trinajstić information content (AvgIpc) is 3.05. The van der Waals surface area contributed by atoms with Crippen molar-refractivity contribution >= 4 is 5.97 Å². The van der Waals surface area contributed by atoms with Crippen molar-refractivity contribution in [2.45, 2.75) is 44.4 Å². The molecule has 27 heavy (non-hydrogen) atoms. The van der Waals surface area contributed by atoms with E-state index in [4.69, 9.17) is 21.2 Å². The number of hydrogen-bond acceptors (Lipinski definition) is 5. The summed E-state index contributed by atoms with van der Waals surface area (Å²) in [5.41, 5.74) is 7.27. The maximum atomic E-state index is 11.5. The SMILES string of the molecule is C[n+]1cc(-c2ccc3c(c2)CCC(C(C)(ON)C(=O)O)O3)cn1CCCN. The van der Waals surface area contributed by atoms with Crippen molar-refractivity contribution in [1.82, 2.24) is 4.68 Å². The van der Waals surface area contributed by atoms with E-state index < -0.39 is 17.7 Å². The van der Waals surface area contributed by atoms with Gasteiger partial charge in [0.2, 0.25) is 11.8 Å². The maximum Gasteiger partial charge on any atom is 0.341 e. The molecule has 0 radical (unpaired) electrons. The molecule has 0 saturated carbocycles. The summed E-state index contributed by atoms with van der Waals surface area (Å²) in [6.07, 6.45) is 5.67. The van der Waals surface area contributed by atoms with Gasteiger partial charge in [-0.3, -0.25) is 4.84 Å². The summed E-state index contributed by atoms with van der Waals surface area (Å²) in [5, 5.41) is 9.42. The van der Waals surface area contributed by atoms with Crippen LogP contribution in [0.5, 0.6) is 5.75 Å². The van der Waals surface area contributed by atoms with Crippen LogP contribution >= 0.6 is 0 Å². The largest absolute Gasteiger partial charge is 0.486 e. The Morgan fingerprint density at radius 1 is 1.48 bits per heavy atom. The van der Waals surface area contributed by atoms with Gasteiger partial charge in [0.1, 0.15) is 11.9 Å². The molecule has 0 amide bonds. The quantitative estimate of drug-likeness (QED) is 0.486. The predicted octanol–water partition coefficient (Wildman–Crippen LogP) is 0.756. The zero-order valence-corrected chi connectivity index (χ0v) is 15.7. The van der Waals surface area contributed by atoms with Crippen molar-refractivity contribution in [2.24, 2.45) is 18.7 Å². The minimum atomic E-state index is -1.58. The topological polar surface area (TPSA) is 117 Å². The number of nitrogens with zero attached hydrogens (tertiary/aromatic N) is 2. The van der Waals surface area contributed by atoms with Crippen LogP contribution in [-0.4, -0.2) is 34.0 Å². The minimum Gasteiger partial charge on any atom is -0.486 e. The van der Waals surface area contributed by atoms with E-state index in [1.165, 1.54) is 6.92 Å². The second-order valence-corrected chi connectivity index (χ2v) is 7.09. The minimum absolute atomic E-state index is 0.516. The van der Waals surface area contributed by atoms with Crippen molar-refractivity contribution in [3.63, 3.8) is 0 Å². The standard InChI is InChI=1S/C19H26N4O4/c1-19(27-21,18(24)25)17-7-5-14-10-13(4-6-16(14)26-17)15-11-22(2)23(12-15)9-3-8-20/h4,6,10-12,17H,3,5,7-9,20-21H2,1-2H3/p+1. The fraction of sp³-hybridized carbons (Fsp3) is 0.474. The summed E-state index contributed by atoms with van der Waals surface area (Å²) in [6.45, 7) is 2.96. The zero-order valence-electron chi connectivity index (χ0n) is 15.7. The van der Waals surface area contributed by atoms with Gasteiger partial charge in [-0.05, 0) is 56.0 Å². The first kappa shape index (κ1) is 19.3. The lowest BCUT2D eigenvalue weighted by Gasteiger charge is -2.35. The lowest BCUT2D eigenvalue weighted by Crippen LogP contribution is -2.54. The molecule has 1 aromatic heterocycles. The lowest BCUT2D eigenvalue weighted by molar-refractivity contribution is -0.753. The van der Waals surface area contributed by atoms with Gasteiger partial charge in [-0.15, -0.1) is 4.68 Å². The fourth-order valence-corrected chi connectivity index (χ4v) is 3.41. The molecule has 3 rings (SSSR count). The van der Waals surface area contributed by atoms with E-state index in [1.807, 2.05) is 23.9 Å². The smallest absolute Gasteiger partial charge is 0.341 e. The molecule has 0 fully saturated rings. The van der Waals surface area contributed by atoms with Crippen LogP contribution in [0.4, 0.5) is 0 Å². The first-order chi connectivity index (χ1) is 12.9. The summed E-state index contributed by atoms with van der Waals surface area (Å²) < 4.78 is 10.1. The molecule has 2 unspecified atom stereocenters. The Morgan fingerprint density at radius 2 is 2.26 bits per heavy atom. The number of aryl methyl sites for hydroxylation is 3. The third-order valence-corrected chi connectivity index (χ3v) is 5.23. The van der Waals surface area contributed by atoms with Gasteiger partial charge in [0.15, 0.2) is 7.05 Å². The number of carboxylic acids is 1. The van der Waals surface area contributed by atoms with Crippen molar-refractivity contribution in [3.8, 4) is 16.9 Å². The average molecular weight is 375 g/mol. The van der Waals surface area contributed by atoms with Crippen LogP contribution < -0.4 is 21.0 Å². The third-order valence-electron chi connectivity index (χ3n) is 5.23. The lowest BCUT2D eigenvalue weighted by atomic mass is 9.90. The second kappa shape index (κ2) is 7.67. The number of aromatic nitrogens is 2. The van der Waals surface area contributed by atoms with Gasteiger partial charge in [0.05, 0.1) is 18.3 Å². The molecule has 0 saturated heterocycles. The summed E-state index contributed by atoms with van der Waals surface area (Å²) >= 11 is 0. The van der Waals surface area contributed by atoms with E-state index in [0.29, 0.717) is 25.1 Å². The number of fused-ring (bicyclic) bond motifs is 1. The first-order valence-electron chi connectivity index (χ1n) is 9.06. The zero-order chi connectivity index (χ0) is 19.6. The highest BCUT2D eigenvalue weighted by Gasteiger charge is 2.46. The van der Waals surface area contributed by atoms with Gasteiger partial charge < -0.3 is 15.6 Å². The number of hydrogen-bond donors (Lipinski definition) is 3. The molecule has 0 aliphatic carbocycles. The Hall–Kier alpha value is -2.42. The normalized spacial score (nSPS) is 18.4. The van der Waals surface area contributed by atoms with Crippen molar-refractivity contribution in [2.75, 3.05) is 6.54 Å². The summed E-state index contributed by atoms with van der Waals surface area (Å²) in [7, 11) is 2.01. The molecule has 146 valence electrons. The number of carbonyl (C=O) groups is 1. The second-order valence-electron chi connectivity index (χ2n) is 7.09. The monoisotopic (exact) mass is 375 g/mol. The molecular weight excluding hydrogens is 348 g/mol. The van der Waals surface area contributed by atoms with Crippen molar-refractivity contribution in [1.29, 1.82) is 0 Å². The maximum absolute atomic E-state index is 11.5. The Kier molecular flexibility index (Phi) is 5.50. The van der Waals surface area contributed by atoms with Crippen LogP contribution in [0, 0.1) is 0 Å². The first-order valence-corrected chi connectivity index (χ1v) is 9.06. The Labute approximate surface area is 158 Å². The molecule has 2 heterocycles. The Bertz CT molecular complexity index is 835. The highest BCUT2D eigenvalue weighted by atomic mass is 16.7. The van der Waals surface area contributed by atoms with Crippen LogP contribution in [0.15, 0.2) is 30.6 Å². The van der Waals surface area contributed by atoms with Gasteiger partial charge >= 0.3 is 5.97 Å². The van der Waals surface area contributed by atoms with E-state index in [9.17, 15) is 9.90 Å². The van der Waals surface area contributed by atoms with Gasteiger partial charge in [-0.1, -0.05) is 6.07 Å². The number of nitrogens with two attached hydrogens (primary N) is 2. The molecule has 0 bridgehead atoms.